The first kappa shape index (κ1) is 18.7. The van der Waals surface area contributed by atoms with Crippen molar-refractivity contribution in [1.29, 1.82) is 0 Å². The zero-order chi connectivity index (χ0) is 18.7. The lowest BCUT2D eigenvalue weighted by Gasteiger charge is -2.30. The number of nitrogens with zero attached hydrogens (tertiary/aromatic N) is 2. The fraction of sp³-hybridized carbons (Fsp3) is 0.600. The van der Waals surface area contributed by atoms with Gasteiger partial charge in [-0.3, -0.25) is 9.59 Å². The summed E-state index contributed by atoms with van der Waals surface area (Å²) in [6, 6.07) is 7.57. The molecule has 0 bridgehead atoms. The second-order valence-electron chi connectivity index (χ2n) is 7.30. The van der Waals surface area contributed by atoms with E-state index in [-0.39, 0.29) is 36.2 Å². The molecule has 2 unspecified atom stereocenters. The number of carbonyl (C=O) groups excluding carboxylic acids is 2. The Kier molecular flexibility index (Phi) is 5.81. The van der Waals surface area contributed by atoms with E-state index in [4.69, 9.17) is 10.5 Å². The Morgan fingerprint density at radius 3 is 2.62 bits per heavy atom. The van der Waals surface area contributed by atoms with Crippen LogP contribution in [-0.2, 0) is 9.59 Å². The normalized spacial score (nSPS) is 25.8. The van der Waals surface area contributed by atoms with Crippen molar-refractivity contribution in [2.24, 2.45) is 11.7 Å². The molecule has 6 heteroatoms. The van der Waals surface area contributed by atoms with E-state index in [2.05, 4.69) is 6.92 Å². The smallest absolute Gasteiger partial charge is 0.228 e. The molecule has 1 aromatic carbocycles. The topological polar surface area (TPSA) is 75.9 Å². The molecule has 0 aliphatic carbocycles. The Labute approximate surface area is 155 Å². The van der Waals surface area contributed by atoms with Crippen LogP contribution in [0.3, 0.4) is 0 Å². The molecular formula is C20H29N3O3. The third kappa shape index (κ3) is 3.70. The van der Waals surface area contributed by atoms with Crippen LogP contribution in [0.25, 0.3) is 0 Å². The Balaban J connectivity index is 1.87. The third-order valence-corrected chi connectivity index (χ3v) is 5.50. The largest absolute Gasteiger partial charge is 0.497 e. The van der Waals surface area contributed by atoms with Gasteiger partial charge in [0.15, 0.2) is 0 Å². The second-order valence-corrected chi connectivity index (χ2v) is 7.30. The van der Waals surface area contributed by atoms with Crippen molar-refractivity contribution in [3.8, 4) is 5.75 Å². The molecular weight excluding hydrogens is 330 g/mol. The number of benzene rings is 1. The van der Waals surface area contributed by atoms with Gasteiger partial charge >= 0.3 is 0 Å². The summed E-state index contributed by atoms with van der Waals surface area (Å²) in [6.07, 6.45) is 3.07. The second kappa shape index (κ2) is 8.08. The van der Waals surface area contributed by atoms with Crippen LogP contribution in [0, 0.1) is 5.92 Å². The maximum atomic E-state index is 13.1. The Bertz CT molecular complexity index is 646. The predicted octanol–water partition coefficient (Wildman–Crippen LogP) is 1.94. The van der Waals surface area contributed by atoms with E-state index < -0.39 is 0 Å². The fourth-order valence-corrected chi connectivity index (χ4v) is 4.04. The van der Waals surface area contributed by atoms with Crippen molar-refractivity contribution >= 4 is 11.8 Å². The highest BCUT2D eigenvalue weighted by atomic mass is 16.5. The number of rotatable bonds is 6. The average molecular weight is 359 g/mol. The number of likely N-dealkylation sites (tertiary alicyclic amines) is 2. The lowest BCUT2D eigenvalue weighted by atomic mass is 9.92. The minimum Gasteiger partial charge on any atom is -0.497 e. The fourth-order valence-electron chi connectivity index (χ4n) is 4.04. The van der Waals surface area contributed by atoms with Gasteiger partial charge in [0.25, 0.3) is 0 Å². The van der Waals surface area contributed by atoms with Gasteiger partial charge in [0, 0.05) is 32.1 Å². The molecule has 2 heterocycles. The Hall–Kier alpha value is -2.08. The van der Waals surface area contributed by atoms with Gasteiger partial charge in [0.05, 0.1) is 19.1 Å². The summed E-state index contributed by atoms with van der Waals surface area (Å²) in [5.41, 5.74) is 6.97. The summed E-state index contributed by atoms with van der Waals surface area (Å²) >= 11 is 0. The molecule has 6 nitrogen and oxygen atoms in total. The molecule has 0 saturated carbocycles. The number of hydrogen-bond acceptors (Lipinski definition) is 4. The monoisotopic (exact) mass is 359 g/mol. The zero-order valence-electron chi connectivity index (χ0n) is 15.7. The van der Waals surface area contributed by atoms with Crippen LogP contribution in [0.5, 0.6) is 5.75 Å². The average Bonchev–Trinajstić information content (AvgIpc) is 3.23. The molecule has 26 heavy (non-hydrogen) atoms. The molecule has 0 aromatic heterocycles. The number of amides is 2. The number of methoxy groups -OCH3 is 1. The maximum Gasteiger partial charge on any atom is 0.228 e. The van der Waals surface area contributed by atoms with E-state index in [1.165, 1.54) is 0 Å². The molecule has 2 aliphatic heterocycles. The van der Waals surface area contributed by atoms with E-state index in [0.717, 1.165) is 30.6 Å². The highest BCUT2D eigenvalue weighted by Gasteiger charge is 2.46. The van der Waals surface area contributed by atoms with Gasteiger partial charge < -0.3 is 20.3 Å². The van der Waals surface area contributed by atoms with Crippen molar-refractivity contribution in [2.75, 3.05) is 26.7 Å². The molecule has 0 spiro atoms. The van der Waals surface area contributed by atoms with Gasteiger partial charge in [0.2, 0.25) is 11.8 Å². The van der Waals surface area contributed by atoms with Crippen molar-refractivity contribution in [3.63, 3.8) is 0 Å². The first-order chi connectivity index (χ1) is 12.5. The highest BCUT2D eigenvalue weighted by molar-refractivity contribution is 5.90. The summed E-state index contributed by atoms with van der Waals surface area (Å²) in [5.74, 6) is 0.567. The zero-order valence-corrected chi connectivity index (χ0v) is 15.7. The summed E-state index contributed by atoms with van der Waals surface area (Å²) < 4.78 is 5.24. The molecule has 142 valence electrons. The van der Waals surface area contributed by atoms with Crippen molar-refractivity contribution in [1.82, 2.24) is 9.80 Å². The standard InChI is InChI=1S/C20H29N3O3/c1-3-4-10-23-18(24)12-17(20(25)22-11-9-15(21)13-22)19(23)14-5-7-16(26-2)8-6-14/h5-8,15,17,19H,3-4,9-13,21H2,1-2H3/t15-,17?,19?/m1/s1. The molecule has 2 saturated heterocycles. The molecule has 3 rings (SSSR count). The predicted molar refractivity (Wildman–Crippen MR) is 99.6 cm³/mol. The Morgan fingerprint density at radius 1 is 1.31 bits per heavy atom. The van der Waals surface area contributed by atoms with E-state index in [0.29, 0.717) is 19.6 Å². The summed E-state index contributed by atoms with van der Waals surface area (Å²) in [6.45, 7) is 4.08. The van der Waals surface area contributed by atoms with Crippen molar-refractivity contribution < 1.29 is 14.3 Å². The van der Waals surface area contributed by atoms with Gasteiger partial charge in [-0.1, -0.05) is 25.5 Å². The number of unbranched alkanes of at least 4 members (excludes halogenated alkanes) is 1. The van der Waals surface area contributed by atoms with Crippen LogP contribution in [0.2, 0.25) is 0 Å². The van der Waals surface area contributed by atoms with E-state index in [1.807, 2.05) is 34.1 Å². The molecule has 2 fully saturated rings. The van der Waals surface area contributed by atoms with Crippen LogP contribution < -0.4 is 10.5 Å². The summed E-state index contributed by atoms with van der Waals surface area (Å²) in [5, 5.41) is 0. The van der Waals surface area contributed by atoms with Crippen LogP contribution in [0.15, 0.2) is 24.3 Å². The quantitative estimate of drug-likeness (QED) is 0.842. The molecule has 0 radical (unpaired) electrons. The van der Waals surface area contributed by atoms with Crippen LogP contribution in [0.1, 0.15) is 44.2 Å². The van der Waals surface area contributed by atoms with Crippen molar-refractivity contribution in [3.05, 3.63) is 29.8 Å². The van der Waals surface area contributed by atoms with Gasteiger partial charge in [-0.15, -0.1) is 0 Å². The highest BCUT2D eigenvalue weighted by Crippen LogP contribution is 2.40. The third-order valence-electron chi connectivity index (χ3n) is 5.50. The number of hydrogen-bond donors (Lipinski definition) is 1. The maximum absolute atomic E-state index is 13.1. The van der Waals surface area contributed by atoms with Gasteiger partial charge in [-0.25, -0.2) is 0 Å². The summed E-state index contributed by atoms with van der Waals surface area (Å²) in [4.78, 5) is 29.5. The van der Waals surface area contributed by atoms with Gasteiger partial charge in [0.1, 0.15) is 5.75 Å². The number of carbonyl (C=O) groups is 2. The number of ether oxygens (including phenoxy) is 1. The van der Waals surface area contributed by atoms with E-state index in [1.54, 1.807) is 7.11 Å². The molecule has 2 amide bonds. The SMILES string of the molecule is CCCCN1C(=O)CC(C(=O)N2CC[C@@H](N)C2)C1c1ccc(OC)cc1. The van der Waals surface area contributed by atoms with Crippen molar-refractivity contribution in [2.45, 2.75) is 44.7 Å². The van der Waals surface area contributed by atoms with Gasteiger partial charge in [-0.2, -0.15) is 0 Å². The molecule has 1 aromatic rings. The minimum absolute atomic E-state index is 0.0479. The first-order valence-corrected chi connectivity index (χ1v) is 9.53. The van der Waals surface area contributed by atoms with E-state index >= 15 is 0 Å². The van der Waals surface area contributed by atoms with Crippen LogP contribution in [-0.4, -0.2) is 54.4 Å². The first-order valence-electron chi connectivity index (χ1n) is 9.53. The van der Waals surface area contributed by atoms with Crippen LogP contribution >= 0.6 is 0 Å². The lowest BCUT2D eigenvalue weighted by Crippen LogP contribution is -2.39. The lowest BCUT2D eigenvalue weighted by molar-refractivity contribution is -0.135. The molecule has 2 aliphatic rings. The van der Waals surface area contributed by atoms with Crippen LogP contribution in [0.4, 0.5) is 0 Å². The van der Waals surface area contributed by atoms with E-state index in [9.17, 15) is 9.59 Å². The summed E-state index contributed by atoms with van der Waals surface area (Å²) in [7, 11) is 1.63. The number of nitrogens with two attached hydrogens (primary N) is 1. The minimum atomic E-state index is -0.335. The van der Waals surface area contributed by atoms with Gasteiger partial charge in [-0.05, 0) is 30.5 Å². The molecule has 3 atom stereocenters. The molecule has 2 N–H and O–H groups in total. The Morgan fingerprint density at radius 2 is 2.04 bits per heavy atom.